The molecule has 0 saturated heterocycles. The van der Waals surface area contributed by atoms with Gasteiger partial charge in [0.25, 0.3) is 0 Å². The monoisotopic (exact) mass is 295 g/mol. The molecule has 0 amide bonds. The van der Waals surface area contributed by atoms with Crippen molar-refractivity contribution in [1.29, 1.82) is 0 Å². The summed E-state index contributed by atoms with van der Waals surface area (Å²) in [6.45, 7) is 0.480. The molecular formula is C12H14BrN3O. The average molecular weight is 296 g/mol. The van der Waals surface area contributed by atoms with E-state index >= 15 is 0 Å². The van der Waals surface area contributed by atoms with Crippen LogP contribution in [0.25, 0.3) is 0 Å². The van der Waals surface area contributed by atoms with Crippen LogP contribution in [0.1, 0.15) is 5.56 Å². The van der Waals surface area contributed by atoms with Gasteiger partial charge in [0, 0.05) is 12.7 Å². The van der Waals surface area contributed by atoms with E-state index in [4.69, 9.17) is 5.73 Å². The van der Waals surface area contributed by atoms with Crippen LogP contribution in [-0.4, -0.2) is 21.4 Å². The molecule has 0 aliphatic heterocycles. The van der Waals surface area contributed by atoms with Crippen molar-refractivity contribution in [2.75, 3.05) is 6.54 Å². The van der Waals surface area contributed by atoms with Gasteiger partial charge in [0.2, 0.25) is 0 Å². The Bertz CT molecular complexity index is 486. The molecule has 1 unspecified atom stereocenters. The molecule has 1 aromatic carbocycles. The molecule has 0 fully saturated rings. The van der Waals surface area contributed by atoms with Crippen LogP contribution in [0.15, 0.2) is 47.2 Å². The van der Waals surface area contributed by atoms with Crippen LogP contribution in [0.5, 0.6) is 0 Å². The van der Waals surface area contributed by atoms with Gasteiger partial charge in [0.1, 0.15) is 5.60 Å². The molecule has 0 aliphatic rings. The Morgan fingerprint density at radius 2 is 2.06 bits per heavy atom. The van der Waals surface area contributed by atoms with Gasteiger partial charge in [-0.1, -0.05) is 30.3 Å². The normalized spacial score (nSPS) is 14.5. The molecule has 2 rings (SSSR count). The maximum Gasteiger partial charge on any atom is 0.121 e. The number of nitrogens with two attached hydrogens (primary N) is 1. The maximum absolute atomic E-state index is 10.6. The highest BCUT2D eigenvalue weighted by Crippen LogP contribution is 2.22. The zero-order valence-corrected chi connectivity index (χ0v) is 10.8. The number of aliphatic hydroxyl groups is 1. The zero-order chi connectivity index (χ0) is 12.3. The fourth-order valence-electron chi connectivity index (χ4n) is 1.71. The van der Waals surface area contributed by atoms with Crippen LogP contribution in [0.4, 0.5) is 0 Å². The molecule has 0 bridgehead atoms. The molecular weight excluding hydrogens is 282 g/mol. The number of halogens is 1. The van der Waals surface area contributed by atoms with E-state index in [1.807, 2.05) is 36.5 Å². The van der Waals surface area contributed by atoms with E-state index < -0.39 is 5.60 Å². The van der Waals surface area contributed by atoms with Gasteiger partial charge in [-0.3, -0.25) is 4.68 Å². The molecule has 0 spiro atoms. The molecule has 0 radical (unpaired) electrons. The first-order chi connectivity index (χ1) is 8.14. The first kappa shape index (κ1) is 12.3. The summed E-state index contributed by atoms with van der Waals surface area (Å²) in [5.74, 6) is 0. The lowest BCUT2D eigenvalue weighted by Gasteiger charge is -2.26. The Labute approximate surface area is 108 Å². The average Bonchev–Trinajstić information content (AvgIpc) is 2.75. The lowest BCUT2D eigenvalue weighted by atomic mass is 9.94. The molecule has 0 aliphatic carbocycles. The molecule has 1 heterocycles. The molecule has 17 heavy (non-hydrogen) atoms. The summed E-state index contributed by atoms with van der Waals surface area (Å²) in [4.78, 5) is 0. The second-order valence-corrected chi connectivity index (χ2v) is 4.87. The standard InChI is InChI=1S/C12H14BrN3O/c13-11-6-15-16(7-11)9-12(17,8-14)10-4-2-1-3-5-10/h1-7,17H,8-9,14H2. The Morgan fingerprint density at radius 1 is 1.35 bits per heavy atom. The molecule has 3 N–H and O–H groups in total. The minimum Gasteiger partial charge on any atom is -0.382 e. The number of hydrogen-bond donors (Lipinski definition) is 2. The molecule has 1 atom stereocenters. The van der Waals surface area contributed by atoms with Crippen molar-refractivity contribution in [3.8, 4) is 0 Å². The highest BCUT2D eigenvalue weighted by molar-refractivity contribution is 9.10. The Balaban J connectivity index is 2.26. The lowest BCUT2D eigenvalue weighted by Crippen LogP contribution is -2.39. The molecule has 2 aromatic rings. The molecule has 0 saturated carbocycles. The third-order valence-electron chi connectivity index (χ3n) is 2.67. The van der Waals surface area contributed by atoms with E-state index in [-0.39, 0.29) is 6.54 Å². The SMILES string of the molecule is NCC(O)(Cn1cc(Br)cn1)c1ccccc1. The van der Waals surface area contributed by atoms with Crippen molar-refractivity contribution >= 4 is 15.9 Å². The summed E-state index contributed by atoms with van der Waals surface area (Å²) < 4.78 is 2.55. The van der Waals surface area contributed by atoms with Gasteiger partial charge in [0.15, 0.2) is 0 Å². The summed E-state index contributed by atoms with van der Waals surface area (Å²) in [7, 11) is 0. The second-order valence-electron chi connectivity index (χ2n) is 3.96. The van der Waals surface area contributed by atoms with Crippen LogP contribution in [0.2, 0.25) is 0 Å². The van der Waals surface area contributed by atoms with Gasteiger partial charge in [-0.2, -0.15) is 5.10 Å². The Hall–Kier alpha value is -1.17. The molecule has 4 nitrogen and oxygen atoms in total. The smallest absolute Gasteiger partial charge is 0.121 e. The highest BCUT2D eigenvalue weighted by atomic mass is 79.9. The third kappa shape index (κ3) is 2.74. The van der Waals surface area contributed by atoms with Crippen LogP contribution in [0, 0.1) is 0 Å². The topological polar surface area (TPSA) is 64.1 Å². The second kappa shape index (κ2) is 5.00. The molecule has 90 valence electrons. The minimum atomic E-state index is -1.09. The van der Waals surface area contributed by atoms with E-state index in [0.717, 1.165) is 10.0 Å². The zero-order valence-electron chi connectivity index (χ0n) is 9.25. The number of hydrogen-bond acceptors (Lipinski definition) is 3. The van der Waals surface area contributed by atoms with Crippen LogP contribution in [0.3, 0.4) is 0 Å². The fraction of sp³-hybridized carbons (Fsp3) is 0.250. The van der Waals surface area contributed by atoms with E-state index in [0.29, 0.717) is 6.54 Å². The summed E-state index contributed by atoms with van der Waals surface area (Å²) in [5.41, 5.74) is 5.40. The maximum atomic E-state index is 10.6. The lowest BCUT2D eigenvalue weighted by molar-refractivity contribution is 0.0240. The van der Waals surface area contributed by atoms with Crippen molar-refractivity contribution < 1.29 is 5.11 Å². The van der Waals surface area contributed by atoms with Crippen molar-refractivity contribution in [2.45, 2.75) is 12.1 Å². The first-order valence-electron chi connectivity index (χ1n) is 5.30. The van der Waals surface area contributed by atoms with E-state index in [1.165, 1.54) is 0 Å². The fourth-order valence-corrected chi connectivity index (χ4v) is 2.04. The number of aromatic nitrogens is 2. The number of nitrogens with zero attached hydrogens (tertiary/aromatic N) is 2. The van der Waals surface area contributed by atoms with Gasteiger partial charge in [0.05, 0.1) is 17.2 Å². The highest BCUT2D eigenvalue weighted by Gasteiger charge is 2.28. The largest absolute Gasteiger partial charge is 0.382 e. The third-order valence-corrected chi connectivity index (χ3v) is 3.08. The van der Waals surface area contributed by atoms with Crippen molar-refractivity contribution in [3.05, 3.63) is 52.8 Å². The van der Waals surface area contributed by atoms with Crippen molar-refractivity contribution in [3.63, 3.8) is 0 Å². The Morgan fingerprint density at radius 3 is 2.59 bits per heavy atom. The van der Waals surface area contributed by atoms with Crippen LogP contribution >= 0.6 is 15.9 Å². The predicted octanol–water partition coefficient (Wildman–Crippen LogP) is 1.49. The number of benzene rings is 1. The van der Waals surface area contributed by atoms with Gasteiger partial charge < -0.3 is 10.8 Å². The van der Waals surface area contributed by atoms with E-state index in [1.54, 1.807) is 10.9 Å². The van der Waals surface area contributed by atoms with E-state index in [2.05, 4.69) is 21.0 Å². The van der Waals surface area contributed by atoms with Gasteiger partial charge in [-0.15, -0.1) is 0 Å². The molecule has 1 aromatic heterocycles. The summed E-state index contributed by atoms with van der Waals surface area (Å²) >= 11 is 3.32. The van der Waals surface area contributed by atoms with Crippen molar-refractivity contribution in [1.82, 2.24) is 9.78 Å². The van der Waals surface area contributed by atoms with Gasteiger partial charge >= 0.3 is 0 Å². The quantitative estimate of drug-likeness (QED) is 0.898. The summed E-state index contributed by atoms with van der Waals surface area (Å²) in [5, 5.41) is 14.7. The van der Waals surface area contributed by atoms with Gasteiger partial charge in [-0.25, -0.2) is 0 Å². The van der Waals surface area contributed by atoms with Crippen LogP contribution in [-0.2, 0) is 12.1 Å². The summed E-state index contributed by atoms with van der Waals surface area (Å²) in [6, 6.07) is 9.41. The first-order valence-corrected chi connectivity index (χ1v) is 6.09. The predicted molar refractivity (Wildman–Crippen MR) is 69.3 cm³/mol. The van der Waals surface area contributed by atoms with Crippen molar-refractivity contribution in [2.24, 2.45) is 5.73 Å². The van der Waals surface area contributed by atoms with Gasteiger partial charge in [-0.05, 0) is 21.5 Å². The molecule has 5 heteroatoms. The van der Waals surface area contributed by atoms with E-state index in [9.17, 15) is 5.11 Å². The number of rotatable bonds is 4. The Kier molecular flexibility index (Phi) is 3.61. The van der Waals surface area contributed by atoms with Crippen LogP contribution < -0.4 is 5.73 Å². The summed E-state index contributed by atoms with van der Waals surface area (Å²) in [6.07, 6.45) is 3.49. The minimum absolute atomic E-state index is 0.147.